The maximum absolute atomic E-state index is 11.3. The fourth-order valence-electron chi connectivity index (χ4n) is 1.58. The second kappa shape index (κ2) is 8.25. The molecule has 0 saturated carbocycles. The van der Waals surface area contributed by atoms with Gasteiger partial charge >= 0.3 is 0 Å². The van der Waals surface area contributed by atoms with Crippen LogP contribution >= 0.6 is 0 Å². The van der Waals surface area contributed by atoms with E-state index in [9.17, 15) is 4.79 Å². The van der Waals surface area contributed by atoms with Crippen molar-refractivity contribution < 1.29 is 14.3 Å². The second-order valence-corrected chi connectivity index (χ2v) is 3.75. The summed E-state index contributed by atoms with van der Waals surface area (Å²) in [6.07, 6.45) is 1.81. The molecule has 1 amide bonds. The van der Waals surface area contributed by atoms with Gasteiger partial charge in [-0.05, 0) is 6.92 Å². The number of ether oxygens (including phenoxy) is 2. The van der Waals surface area contributed by atoms with E-state index < -0.39 is 0 Å². The van der Waals surface area contributed by atoms with Gasteiger partial charge in [-0.3, -0.25) is 4.79 Å². The van der Waals surface area contributed by atoms with Crippen LogP contribution < -0.4 is 20.1 Å². The van der Waals surface area contributed by atoms with Gasteiger partial charge < -0.3 is 20.1 Å². The summed E-state index contributed by atoms with van der Waals surface area (Å²) < 4.78 is 10.3. The Morgan fingerprint density at radius 2 is 1.89 bits per heavy atom. The average molecular weight is 268 g/mol. The molecule has 0 fully saturated rings. The Kier molecular flexibility index (Phi) is 6.59. The Morgan fingerprint density at radius 3 is 2.42 bits per heavy atom. The highest BCUT2D eigenvalue weighted by atomic mass is 16.5. The van der Waals surface area contributed by atoms with Crippen molar-refractivity contribution in [2.45, 2.75) is 19.9 Å². The lowest BCUT2D eigenvalue weighted by molar-refractivity contribution is -0.120. The Bertz CT molecular complexity index is 390. The molecule has 0 aliphatic rings. The molecule has 1 rings (SSSR count). The molecule has 0 saturated heterocycles. The lowest BCUT2D eigenvalue weighted by Gasteiger charge is -2.11. The Morgan fingerprint density at radius 1 is 1.26 bits per heavy atom. The zero-order valence-electron chi connectivity index (χ0n) is 11.5. The van der Waals surface area contributed by atoms with E-state index in [0.717, 1.165) is 5.56 Å². The first-order valence-electron chi connectivity index (χ1n) is 6.12. The zero-order chi connectivity index (χ0) is 14.1. The van der Waals surface area contributed by atoms with Gasteiger partial charge in [0.25, 0.3) is 0 Å². The highest BCUT2D eigenvalue weighted by molar-refractivity contribution is 5.75. The van der Waals surface area contributed by atoms with E-state index in [-0.39, 0.29) is 5.91 Å². The van der Waals surface area contributed by atoms with Gasteiger partial charge in [0.05, 0.1) is 19.8 Å². The number of rotatable bonds is 8. The molecule has 106 valence electrons. The molecule has 0 radical (unpaired) electrons. The van der Waals surface area contributed by atoms with Crippen LogP contribution in [0.3, 0.4) is 0 Å². The number of methoxy groups -OCH3 is 2. The first-order chi connectivity index (χ1) is 9.22. The standard InChI is InChI=1S/C12H20N4O3/c1-4-14-10(17)5-6-13-7-9-11(18-2)15-8-16-12(9)19-3/h8,13H,4-7H2,1-3H3,(H,14,17). The third kappa shape index (κ3) is 4.70. The Balaban J connectivity index is 2.50. The molecule has 0 aliphatic heterocycles. The summed E-state index contributed by atoms with van der Waals surface area (Å²) in [6.45, 7) is 3.58. The van der Waals surface area contributed by atoms with Gasteiger partial charge in [-0.25, -0.2) is 9.97 Å². The van der Waals surface area contributed by atoms with Crippen molar-refractivity contribution in [3.8, 4) is 11.8 Å². The number of hydrogen-bond acceptors (Lipinski definition) is 6. The molecule has 7 nitrogen and oxygen atoms in total. The fourth-order valence-corrected chi connectivity index (χ4v) is 1.58. The lowest BCUT2D eigenvalue weighted by Crippen LogP contribution is -2.27. The van der Waals surface area contributed by atoms with Crippen molar-refractivity contribution in [2.24, 2.45) is 0 Å². The zero-order valence-corrected chi connectivity index (χ0v) is 11.5. The SMILES string of the molecule is CCNC(=O)CCNCc1c(OC)ncnc1OC. The third-order valence-electron chi connectivity index (χ3n) is 2.46. The summed E-state index contributed by atoms with van der Waals surface area (Å²) in [4.78, 5) is 19.3. The van der Waals surface area contributed by atoms with Crippen molar-refractivity contribution in [3.63, 3.8) is 0 Å². The minimum absolute atomic E-state index is 0.0261. The molecule has 19 heavy (non-hydrogen) atoms. The predicted octanol–water partition coefficient (Wildman–Crippen LogP) is 0.110. The molecule has 7 heteroatoms. The largest absolute Gasteiger partial charge is 0.481 e. The van der Waals surface area contributed by atoms with Crippen LogP contribution in [0.2, 0.25) is 0 Å². The molecule has 0 spiro atoms. The van der Waals surface area contributed by atoms with Gasteiger partial charge in [0, 0.05) is 26.1 Å². The predicted molar refractivity (Wildman–Crippen MR) is 70.1 cm³/mol. The number of carbonyl (C=O) groups is 1. The number of hydrogen-bond donors (Lipinski definition) is 2. The minimum atomic E-state index is 0.0261. The van der Waals surface area contributed by atoms with Crippen LogP contribution in [0.4, 0.5) is 0 Å². The van der Waals surface area contributed by atoms with Crippen LogP contribution in [-0.4, -0.2) is 43.2 Å². The molecule has 0 unspecified atom stereocenters. The number of nitrogens with one attached hydrogen (secondary N) is 2. The monoisotopic (exact) mass is 268 g/mol. The van der Waals surface area contributed by atoms with Gasteiger partial charge in [-0.1, -0.05) is 0 Å². The normalized spacial score (nSPS) is 10.1. The maximum Gasteiger partial charge on any atom is 0.224 e. The summed E-state index contributed by atoms with van der Waals surface area (Å²) in [5, 5.41) is 5.88. The van der Waals surface area contributed by atoms with Crippen molar-refractivity contribution in [3.05, 3.63) is 11.9 Å². The van der Waals surface area contributed by atoms with Crippen molar-refractivity contribution >= 4 is 5.91 Å². The van der Waals surface area contributed by atoms with Gasteiger partial charge in [0.15, 0.2) is 0 Å². The smallest absolute Gasteiger partial charge is 0.224 e. The molecule has 0 aliphatic carbocycles. The van der Waals surface area contributed by atoms with E-state index in [1.165, 1.54) is 6.33 Å². The van der Waals surface area contributed by atoms with Crippen LogP contribution in [0.1, 0.15) is 18.9 Å². The fraction of sp³-hybridized carbons (Fsp3) is 0.583. The summed E-state index contributed by atoms with van der Waals surface area (Å²) >= 11 is 0. The molecule has 2 N–H and O–H groups in total. The Labute approximate surface area is 112 Å². The second-order valence-electron chi connectivity index (χ2n) is 3.75. The van der Waals surface area contributed by atoms with Crippen LogP contribution in [0, 0.1) is 0 Å². The molecular formula is C12H20N4O3. The summed E-state index contributed by atoms with van der Waals surface area (Å²) in [6, 6.07) is 0. The summed E-state index contributed by atoms with van der Waals surface area (Å²) in [5.74, 6) is 0.966. The number of nitrogens with zero attached hydrogens (tertiary/aromatic N) is 2. The highest BCUT2D eigenvalue weighted by Crippen LogP contribution is 2.22. The first kappa shape index (κ1) is 15.2. The van der Waals surface area contributed by atoms with Crippen LogP contribution in [0.5, 0.6) is 11.8 Å². The maximum atomic E-state index is 11.3. The van der Waals surface area contributed by atoms with Crippen molar-refractivity contribution in [1.82, 2.24) is 20.6 Å². The van der Waals surface area contributed by atoms with Gasteiger partial charge in [-0.15, -0.1) is 0 Å². The van der Waals surface area contributed by atoms with Crippen LogP contribution in [0.15, 0.2) is 6.33 Å². The molecule has 0 aromatic carbocycles. The van der Waals surface area contributed by atoms with E-state index in [1.807, 2.05) is 6.92 Å². The third-order valence-corrected chi connectivity index (χ3v) is 2.46. The van der Waals surface area contributed by atoms with E-state index in [0.29, 0.717) is 37.8 Å². The molecular weight excluding hydrogens is 248 g/mol. The number of carbonyl (C=O) groups excluding carboxylic acids is 1. The van der Waals surface area contributed by atoms with Gasteiger partial charge in [0.1, 0.15) is 6.33 Å². The van der Waals surface area contributed by atoms with Crippen molar-refractivity contribution in [1.29, 1.82) is 0 Å². The number of amides is 1. The summed E-state index contributed by atoms with van der Waals surface area (Å²) in [5.41, 5.74) is 0.739. The van der Waals surface area contributed by atoms with Gasteiger partial charge in [0.2, 0.25) is 17.7 Å². The molecule has 1 aromatic heterocycles. The van der Waals surface area contributed by atoms with E-state index in [4.69, 9.17) is 9.47 Å². The molecule has 0 atom stereocenters. The highest BCUT2D eigenvalue weighted by Gasteiger charge is 2.12. The average Bonchev–Trinajstić information content (AvgIpc) is 2.43. The van der Waals surface area contributed by atoms with Crippen LogP contribution in [-0.2, 0) is 11.3 Å². The topological polar surface area (TPSA) is 85.4 Å². The van der Waals surface area contributed by atoms with E-state index >= 15 is 0 Å². The minimum Gasteiger partial charge on any atom is -0.481 e. The van der Waals surface area contributed by atoms with E-state index in [2.05, 4.69) is 20.6 Å². The lowest BCUT2D eigenvalue weighted by atomic mass is 10.3. The van der Waals surface area contributed by atoms with Crippen molar-refractivity contribution in [2.75, 3.05) is 27.3 Å². The summed E-state index contributed by atoms with van der Waals surface area (Å²) in [7, 11) is 3.08. The first-order valence-corrected chi connectivity index (χ1v) is 6.12. The Hall–Kier alpha value is -1.89. The molecule has 0 bridgehead atoms. The molecule has 1 heterocycles. The quantitative estimate of drug-likeness (QED) is 0.651. The number of aromatic nitrogens is 2. The van der Waals surface area contributed by atoms with Gasteiger partial charge in [-0.2, -0.15) is 0 Å². The van der Waals surface area contributed by atoms with Crippen LogP contribution in [0.25, 0.3) is 0 Å². The molecule has 1 aromatic rings. The van der Waals surface area contributed by atoms with E-state index in [1.54, 1.807) is 14.2 Å².